The van der Waals surface area contributed by atoms with Gasteiger partial charge in [0.05, 0.1) is 0 Å². The lowest BCUT2D eigenvalue weighted by Gasteiger charge is -2.26. The first kappa shape index (κ1) is 18.2. The van der Waals surface area contributed by atoms with Gasteiger partial charge in [-0.1, -0.05) is 66.7 Å². The van der Waals surface area contributed by atoms with E-state index in [2.05, 4.69) is 72.0 Å². The van der Waals surface area contributed by atoms with Crippen LogP contribution in [0.4, 0.5) is 0 Å². The van der Waals surface area contributed by atoms with Crippen molar-refractivity contribution in [1.29, 1.82) is 0 Å². The minimum atomic E-state index is 0.489. The van der Waals surface area contributed by atoms with Gasteiger partial charge in [0.25, 0.3) is 0 Å². The molecule has 0 aliphatic rings. The van der Waals surface area contributed by atoms with Gasteiger partial charge < -0.3 is 5.32 Å². The molecule has 0 saturated heterocycles. The van der Waals surface area contributed by atoms with Crippen LogP contribution in [0.5, 0.6) is 0 Å². The van der Waals surface area contributed by atoms with E-state index >= 15 is 0 Å². The van der Waals surface area contributed by atoms with Crippen molar-refractivity contribution in [3.8, 4) is 0 Å². The Bertz CT molecular complexity index is 418. The molecule has 1 atom stereocenters. The van der Waals surface area contributed by atoms with Crippen LogP contribution >= 0.6 is 0 Å². The Morgan fingerprint density at radius 1 is 0.905 bits per heavy atom. The van der Waals surface area contributed by atoms with Gasteiger partial charge in [-0.25, -0.2) is 0 Å². The van der Waals surface area contributed by atoms with Gasteiger partial charge in [0, 0.05) is 6.04 Å². The SMILES string of the molecule is CCCNC(CC(C)C)c1ccc(C(C)C)cc1C(C)C. The lowest BCUT2D eigenvalue weighted by atomic mass is 9.86. The molecule has 0 aliphatic carbocycles. The first-order valence-electron chi connectivity index (χ1n) is 8.73. The van der Waals surface area contributed by atoms with Gasteiger partial charge in [0.1, 0.15) is 0 Å². The molecule has 1 aromatic carbocycles. The Morgan fingerprint density at radius 2 is 1.57 bits per heavy atom. The number of nitrogens with one attached hydrogen (secondary N) is 1. The lowest BCUT2D eigenvalue weighted by molar-refractivity contribution is 0.427. The molecule has 0 fully saturated rings. The minimum Gasteiger partial charge on any atom is -0.310 e. The van der Waals surface area contributed by atoms with Crippen LogP contribution in [-0.2, 0) is 0 Å². The fourth-order valence-corrected chi connectivity index (χ4v) is 2.88. The first-order chi connectivity index (χ1) is 9.86. The van der Waals surface area contributed by atoms with Gasteiger partial charge >= 0.3 is 0 Å². The van der Waals surface area contributed by atoms with Crippen LogP contribution < -0.4 is 5.32 Å². The number of hydrogen-bond acceptors (Lipinski definition) is 1. The van der Waals surface area contributed by atoms with Crippen LogP contribution in [0.25, 0.3) is 0 Å². The molecular formula is C20H35N. The lowest BCUT2D eigenvalue weighted by Crippen LogP contribution is -2.25. The summed E-state index contributed by atoms with van der Waals surface area (Å²) in [5.41, 5.74) is 4.49. The van der Waals surface area contributed by atoms with Crippen molar-refractivity contribution >= 4 is 0 Å². The van der Waals surface area contributed by atoms with E-state index in [0.717, 1.165) is 6.54 Å². The van der Waals surface area contributed by atoms with E-state index in [4.69, 9.17) is 0 Å². The molecule has 0 heterocycles. The highest BCUT2D eigenvalue weighted by molar-refractivity contribution is 5.37. The summed E-state index contributed by atoms with van der Waals surface area (Å²) in [6.45, 7) is 17.2. The van der Waals surface area contributed by atoms with Gasteiger partial charge in [0.2, 0.25) is 0 Å². The maximum atomic E-state index is 3.76. The second kappa shape index (κ2) is 8.58. The van der Waals surface area contributed by atoms with E-state index in [1.54, 1.807) is 0 Å². The zero-order chi connectivity index (χ0) is 16.0. The summed E-state index contributed by atoms with van der Waals surface area (Å²) in [5.74, 6) is 1.89. The fourth-order valence-electron chi connectivity index (χ4n) is 2.88. The summed E-state index contributed by atoms with van der Waals surface area (Å²) in [5, 5.41) is 3.76. The molecule has 0 radical (unpaired) electrons. The standard InChI is InChI=1S/C20H35N/c1-8-11-21-20(12-14(2)3)18-10-9-17(15(4)5)13-19(18)16(6)7/h9-10,13-16,20-21H,8,11-12H2,1-7H3. The topological polar surface area (TPSA) is 12.0 Å². The molecule has 120 valence electrons. The third kappa shape index (κ3) is 5.47. The summed E-state index contributed by atoms with van der Waals surface area (Å²) in [4.78, 5) is 0. The molecule has 1 N–H and O–H groups in total. The molecule has 0 spiro atoms. The zero-order valence-corrected chi connectivity index (χ0v) is 15.2. The fraction of sp³-hybridized carbons (Fsp3) is 0.700. The largest absolute Gasteiger partial charge is 0.310 e. The Morgan fingerprint density at radius 3 is 2.05 bits per heavy atom. The van der Waals surface area contributed by atoms with Crippen molar-refractivity contribution in [3.63, 3.8) is 0 Å². The predicted octanol–water partition coefficient (Wildman–Crippen LogP) is 6.02. The van der Waals surface area contributed by atoms with E-state index in [0.29, 0.717) is 23.8 Å². The summed E-state index contributed by atoms with van der Waals surface area (Å²) in [7, 11) is 0. The first-order valence-corrected chi connectivity index (χ1v) is 8.73. The normalized spacial score (nSPS) is 13.4. The van der Waals surface area contributed by atoms with Gasteiger partial charge in [-0.2, -0.15) is 0 Å². The van der Waals surface area contributed by atoms with Crippen molar-refractivity contribution in [2.45, 2.75) is 79.2 Å². The molecule has 1 aromatic rings. The Labute approximate surface area is 132 Å². The zero-order valence-electron chi connectivity index (χ0n) is 15.2. The van der Waals surface area contributed by atoms with Crippen LogP contribution in [0.15, 0.2) is 18.2 Å². The second-order valence-electron chi connectivity index (χ2n) is 7.33. The van der Waals surface area contributed by atoms with E-state index < -0.39 is 0 Å². The summed E-state index contributed by atoms with van der Waals surface area (Å²) < 4.78 is 0. The van der Waals surface area contributed by atoms with Gasteiger partial charge in [-0.15, -0.1) is 0 Å². The van der Waals surface area contributed by atoms with Crippen LogP contribution in [-0.4, -0.2) is 6.54 Å². The number of benzene rings is 1. The smallest absolute Gasteiger partial charge is 0.0325 e. The molecule has 1 heteroatoms. The molecule has 0 amide bonds. The van der Waals surface area contributed by atoms with Crippen molar-refractivity contribution in [3.05, 3.63) is 34.9 Å². The molecule has 21 heavy (non-hydrogen) atoms. The van der Waals surface area contributed by atoms with Crippen molar-refractivity contribution in [1.82, 2.24) is 5.32 Å². The van der Waals surface area contributed by atoms with E-state index in [9.17, 15) is 0 Å². The highest BCUT2D eigenvalue weighted by atomic mass is 14.9. The average Bonchev–Trinajstić information content (AvgIpc) is 2.42. The summed E-state index contributed by atoms with van der Waals surface area (Å²) in [6, 6.07) is 7.63. The van der Waals surface area contributed by atoms with Crippen LogP contribution in [0.2, 0.25) is 0 Å². The minimum absolute atomic E-state index is 0.489. The molecule has 1 nitrogen and oxygen atoms in total. The predicted molar refractivity (Wildman–Crippen MR) is 95.1 cm³/mol. The quantitative estimate of drug-likeness (QED) is 0.617. The maximum absolute atomic E-state index is 3.76. The van der Waals surface area contributed by atoms with Crippen LogP contribution in [0, 0.1) is 5.92 Å². The molecular weight excluding hydrogens is 254 g/mol. The third-order valence-electron chi connectivity index (χ3n) is 4.12. The molecule has 1 rings (SSSR count). The van der Waals surface area contributed by atoms with Crippen molar-refractivity contribution in [2.75, 3.05) is 6.54 Å². The summed E-state index contributed by atoms with van der Waals surface area (Å²) in [6.07, 6.45) is 2.40. The van der Waals surface area contributed by atoms with Crippen LogP contribution in [0.3, 0.4) is 0 Å². The summed E-state index contributed by atoms with van der Waals surface area (Å²) >= 11 is 0. The highest BCUT2D eigenvalue weighted by Crippen LogP contribution is 2.31. The average molecular weight is 290 g/mol. The Balaban J connectivity index is 3.15. The molecule has 0 aliphatic heterocycles. The van der Waals surface area contributed by atoms with Crippen molar-refractivity contribution < 1.29 is 0 Å². The Hall–Kier alpha value is -0.820. The van der Waals surface area contributed by atoms with E-state index in [1.807, 2.05) is 0 Å². The van der Waals surface area contributed by atoms with Crippen LogP contribution in [0.1, 0.15) is 95.9 Å². The second-order valence-corrected chi connectivity index (χ2v) is 7.33. The maximum Gasteiger partial charge on any atom is 0.0325 e. The van der Waals surface area contributed by atoms with Gasteiger partial charge in [-0.3, -0.25) is 0 Å². The Kier molecular flexibility index (Phi) is 7.45. The third-order valence-corrected chi connectivity index (χ3v) is 4.12. The number of hydrogen-bond donors (Lipinski definition) is 1. The van der Waals surface area contributed by atoms with E-state index in [-0.39, 0.29) is 0 Å². The van der Waals surface area contributed by atoms with Gasteiger partial charge in [-0.05, 0) is 53.8 Å². The molecule has 1 unspecified atom stereocenters. The highest BCUT2D eigenvalue weighted by Gasteiger charge is 2.18. The van der Waals surface area contributed by atoms with Crippen molar-refractivity contribution in [2.24, 2.45) is 5.92 Å². The monoisotopic (exact) mass is 289 g/mol. The number of rotatable bonds is 8. The molecule has 0 saturated carbocycles. The molecule has 0 aromatic heterocycles. The van der Waals surface area contributed by atoms with E-state index in [1.165, 1.54) is 29.5 Å². The van der Waals surface area contributed by atoms with Gasteiger partial charge in [0.15, 0.2) is 0 Å². The molecule has 0 bridgehead atoms.